The van der Waals surface area contributed by atoms with Crippen LogP contribution in [0.1, 0.15) is 46.5 Å². The van der Waals surface area contributed by atoms with Gasteiger partial charge in [0.05, 0.1) is 5.92 Å². The third-order valence-corrected chi connectivity index (χ3v) is 2.86. The lowest BCUT2D eigenvalue weighted by Gasteiger charge is -2.35. The van der Waals surface area contributed by atoms with E-state index in [4.69, 9.17) is 15.6 Å². The van der Waals surface area contributed by atoms with E-state index in [0.29, 0.717) is 25.7 Å². The zero-order valence-electron chi connectivity index (χ0n) is 11.1. The second kappa shape index (κ2) is 5.14. The maximum absolute atomic E-state index is 11.8. The molecule has 3 N–H and O–H groups in total. The van der Waals surface area contributed by atoms with Crippen molar-refractivity contribution >= 4 is 12.1 Å². The summed E-state index contributed by atoms with van der Waals surface area (Å²) >= 11 is 0. The monoisotopic (exact) mass is 259 g/mol. The predicted octanol–water partition coefficient (Wildman–Crippen LogP) is 1.87. The summed E-state index contributed by atoms with van der Waals surface area (Å²) < 4.78 is 9.94. The Morgan fingerprint density at radius 3 is 2.17 bits per heavy atom. The smallest absolute Gasteiger partial charge is 0.460 e. The fraction of sp³-hybridized carbons (Fsp3) is 0.833. The van der Waals surface area contributed by atoms with E-state index in [2.05, 4.69) is 4.74 Å². The summed E-state index contributed by atoms with van der Waals surface area (Å²) in [6.45, 7) is 5.44. The molecule has 0 bridgehead atoms. The second-order valence-electron chi connectivity index (χ2n) is 5.74. The molecule has 0 aliphatic heterocycles. The molecule has 0 atom stereocenters. The first-order chi connectivity index (χ1) is 8.11. The Kier molecular flexibility index (Phi) is 4.21. The highest BCUT2D eigenvalue weighted by molar-refractivity contribution is 5.73. The van der Waals surface area contributed by atoms with Gasteiger partial charge in [-0.2, -0.15) is 0 Å². The minimum atomic E-state index is -1.38. The number of hydrogen-bond acceptors (Lipinski definition) is 5. The summed E-state index contributed by atoms with van der Waals surface area (Å²) in [6.07, 6.45) is 0.261. The first-order valence-corrected chi connectivity index (χ1v) is 6.05. The van der Waals surface area contributed by atoms with Crippen molar-refractivity contribution in [2.24, 2.45) is 11.7 Å². The van der Waals surface area contributed by atoms with Crippen LogP contribution >= 0.6 is 0 Å². The molecular formula is C12H21NO5. The summed E-state index contributed by atoms with van der Waals surface area (Å²) in [5, 5.41) is 8.57. The molecule has 0 unspecified atom stereocenters. The molecule has 1 aliphatic carbocycles. The van der Waals surface area contributed by atoms with Crippen LogP contribution in [0.3, 0.4) is 0 Å². The van der Waals surface area contributed by atoms with Gasteiger partial charge in [0.2, 0.25) is 0 Å². The molecule has 0 amide bonds. The average Bonchev–Trinajstić information content (AvgIpc) is 2.13. The standard InChI is InChI=1S/C12H21NO5/c1-11(2,3)17-9(14)8-4-6-12(13,7-5-8)18-10(15)16/h8H,4-7,13H2,1-3H3,(H,15,16). The minimum absolute atomic E-state index is 0.224. The van der Waals surface area contributed by atoms with Gasteiger partial charge in [0, 0.05) is 12.8 Å². The highest BCUT2D eigenvalue weighted by Crippen LogP contribution is 2.32. The lowest BCUT2D eigenvalue weighted by atomic mass is 9.84. The van der Waals surface area contributed by atoms with Gasteiger partial charge in [-0.25, -0.2) is 4.79 Å². The van der Waals surface area contributed by atoms with E-state index < -0.39 is 17.5 Å². The highest BCUT2D eigenvalue weighted by atomic mass is 16.7. The van der Waals surface area contributed by atoms with Crippen LogP contribution in [0.15, 0.2) is 0 Å². The average molecular weight is 259 g/mol. The van der Waals surface area contributed by atoms with Crippen molar-refractivity contribution in [2.75, 3.05) is 0 Å². The van der Waals surface area contributed by atoms with Crippen molar-refractivity contribution < 1.29 is 24.2 Å². The maximum Gasteiger partial charge on any atom is 0.507 e. The number of carbonyl (C=O) groups is 2. The minimum Gasteiger partial charge on any atom is -0.460 e. The van der Waals surface area contributed by atoms with Crippen molar-refractivity contribution in [1.29, 1.82) is 0 Å². The molecule has 6 nitrogen and oxygen atoms in total. The summed E-state index contributed by atoms with van der Waals surface area (Å²) in [7, 11) is 0. The van der Waals surface area contributed by atoms with Crippen LogP contribution in [0.4, 0.5) is 4.79 Å². The number of carboxylic acid groups (broad SMARTS) is 1. The molecule has 6 heteroatoms. The van der Waals surface area contributed by atoms with Crippen LogP contribution in [0, 0.1) is 5.92 Å². The van der Waals surface area contributed by atoms with Gasteiger partial charge in [-0.1, -0.05) is 0 Å². The number of esters is 1. The maximum atomic E-state index is 11.8. The van der Waals surface area contributed by atoms with Gasteiger partial charge in [-0.15, -0.1) is 0 Å². The van der Waals surface area contributed by atoms with Crippen molar-refractivity contribution in [2.45, 2.75) is 57.8 Å². The van der Waals surface area contributed by atoms with Crippen molar-refractivity contribution in [3.63, 3.8) is 0 Å². The van der Waals surface area contributed by atoms with Crippen LogP contribution in [0.2, 0.25) is 0 Å². The first-order valence-electron chi connectivity index (χ1n) is 6.05. The largest absolute Gasteiger partial charge is 0.507 e. The quantitative estimate of drug-likeness (QED) is 0.580. The number of nitrogens with two attached hydrogens (primary N) is 1. The molecule has 0 aromatic carbocycles. The van der Waals surface area contributed by atoms with Crippen LogP contribution in [-0.4, -0.2) is 28.6 Å². The van der Waals surface area contributed by atoms with Crippen LogP contribution < -0.4 is 5.73 Å². The fourth-order valence-electron chi connectivity index (χ4n) is 2.00. The molecule has 0 heterocycles. The van der Waals surface area contributed by atoms with Crippen molar-refractivity contribution in [1.82, 2.24) is 0 Å². The molecule has 0 spiro atoms. The number of carbonyl (C=O) groups excluding carboxylic acids is 1. The Hall–Kier alpha value is -1.30. The lowest BCUT2D eigenvalue weighted by molar-refractivity contribution is -0.163. The van der Waals surface area contributed by atoms with Gasteiger partial charge in [0.25, 0.3) is 0 Å². The molecule has 104 valence electrons. The molecule has 1 rings (SSSR count). The second-order valence-corrected chi connectivity index (χ2v) is 5.74. The van der Waals surface area contributed by atoms with Crippen LogP contribution in [-0.2, 0) is 14.3 Å². The zero-order chi connectivity index (χ0) is 14.0. The van der Waals surface area contributed by atoms with Crippen molar-refractivity contribution in [3.05, 3.63) is 0 Å². The van der Waals surface area contributed by atoms with Crippen LogP contribution in [0.25, 0.3) is 0 Å². The molecule has 1 saturated carbocycles. The molecule has 0 aromatic rings. The highest BCUT2D eigenvalue weighted by Gasteiger charge is 2.38. The van der Waals surface area contributed by atoms with Gasteiger partial charge in [0.1, 0.15) is 5.60 Å². The predicted molar refractivity (Wildman–Crippen MR) is 63.8 cm³/mol. The van der Waals surface area contributed by atoms with Crippen LogP contribution in [0.5, 0.6) is 0 Å². The van der Waals surface area contributed by atoms with Gasteiger partial charge >= 0.3 is 12.1 Å². The summed E-state index contributed by atoms with van der Waals surface area (Å²) in [5.41, 5.74) is 4.12. The molecule has 1 aliphatic rings. The van der Waals surface area contributed by atoms with E-state index in [0.717, 1.165) is 0 Å². The third-order valence-electron chi connectivity index (χ3n) is 2.86. The van der Waals surface area contributed by atoms with Crippen molar-refractivity contribution in [3.8, 4) is 0 Å². The Bertz CT molecular complexity index is 326. The Morgan fingerprint density at radius 1 is 1.28 bits per heavy atom. The first kappa shape index (κ1) is 14.8. The lowest BCUT2D eigenvalue weighted by Crippen LogP contribution is -2.48. The summed E-state index contributed by atoms with van der Waals surface area (Å²) in [6, 6.07) is 0. The van der Waals surface area contributed by atoms with E-state index in [9.17, 15) is 9.59 Å². The molecule has 18 heavy (non-hydrogen) atoms. The Morgan fingerprint density at radius 2 is 1.78 bits per heavy atom. The fourth-order valence-corrected chi connectivity index (χ4v) is 2.00. The van der Waals surface area contributed by atoms with E-state index >= 15 is 0 Å². The Labute approximate surface area is 106 Å². The van der Waals surface area contributed by atoms with Gasteiger partial charge in [-0.05, 0) is 33.6 Å². The normalized spacial score (nSPS) is 28.6. The van der Waals surface area contributed by atoms with E-state index in [1.54, 1.807) is 0 Å². The topological polar surface area (TPSA) is 98.9 Å². The zero-order valence-corrected chi connectivity index (χ0v) is 11.1. The van der Waals surface area contributed by atoms with E-state index in [1.807, 2.05) is 20.8 Å². The van der Waals surface area contributed by atoms with Gasteiger partial charge in [-0.3, -0.25) is 10.5 Å². The van der Waals surface area contributed by atoms with Gasteiger partial charge in [0.15, 0.2) is 5.72 Å². The number of hydrogen-bond donors (Lipinski definition) is 2. The Balaban J connectivity index is 2.48. The summed E-state index contributed by atoms with van der Waals surface area (Å²) in [4.78, 5) is 22.3. The van der Waals surface area contributed by atoms with E-state index in [1.165, 1.54) is 0 Å². The molecule has 0 saturated heterocycles. The van der Waals surface area contributed by atoms with Gasteiger partial charge < -0.3 is 14.6 Å². The number of rotatable bonds is 2. The number of ether oxygens (including phenoxy) is 2. The molecule has 0 radical (unpaired) electrons. The molecule has 0 aromatic heterocycles. The molecule has 1 fully saturated rings. The van der Waals surface area contributed by atoms with E-state index in [-0.39, 0.29) is 11.9 Å². The third kappa shape index (κ3) is 4.52. The SMILES string of the molecule is CC(C)(C)OC(=O)C1CCC(N)(OC(=O)O)CC1. The summed E-state index contributed by atoms with van der Waals surface area (Å²) in [5.74, 6) is -0.474. The molecular weight excluding hydrogens is 238 g/mol.